The summed E-state index contributed by atoms with van der Waals surface area (Å²) in [7, 11) is 0. The van der Waals surface area contributed by atoms with Crippen LogP contribution >= 0.6 is 0 Å². The predicted molar refractivity (Wildman–Crippen MR) is 58.5 cm³/mol. The van der Waals surface area contributed by atoms with Crippen LogP contribution in [-0.4, -0.2) is 11.0 Å². The highest BCUT2D eigenvalue weighted by Gasteiger charge is 2.23. The summed E-state index contributed by atoms with van der Waals surface area (Å²) in [5.74, 6) is -0.248. The van der Waals surface area contributed by atoms with E-state index in [1.807, 2.05) is 12.1 Å². The standard InChI is InChI=1S/C12H13NO2/c1-2-11(15)13-9-5-3-4-8-6-7-10(14)12(8)9/h2-5,10,14H,1,6-7H2,(H,13,15). The molecular formula is C12H13NO2. The highest BCUT2D eigenvalue weighted by atomic mass is 16.3. The van der Waals surface area contributed by atoms with E-state index < -0.39 is 6.10 Å². The van der Waals surface area contributed by atoms with Crippen molar-refractivity contribution < 1.29 is 9.90 Å². The van der Waals surface area contributed by atoms with Crippen molar-refractivity contribution in [1.82, 2.24) is 0 Å². The fraction of sp³-hybridized carbons (Fsp3) is 0.250. The highest BCUT2D eigenvalue weighted by molar-refractivity contribution is 5.99. The second-order valence-electron chi connectivity index (χ2n) is 3.63. The largest absolute Gasteiger partial charge is 0.388 e. The number of rotatable bonds is 2. The summed E-state index contributed by atoms with van der Waals surface area (Å²) in [6.07, 6.45) is 2.37. The molecule has 2 N–H and O–H groups in total. The van der Waals surface area contributed by atoms with E-state index in [9.17, 15) is 9.90 Å². The maximum absolute atomic E-state index is 11.2. The number of carbonyl (C=O) groups excluding carboxylic acids is 1. The fourth-order valence-corrected chi connectivity index (χ4v) is 1.95. The van der Waals surface area contributed by atoms with E-state index in [2.05, 4.69) is 11.9 Å². The molecule has 1 aliphatic carbocycles. The van der Waals surface area contributed by atoms with Crippen LogP contribution in [0.3, 0.4) is 0 Å². The smallest absolute Gasteiger partial charge is 0.247 e. The lowest BCUT2D eigenvalue weighted by Crippen LogP contribution is -2.10. The summed E-state index contributed by atoms with van der Waals surface area (Å²) in [5, 5.41) is 12.5. The molecular weight excluding hydrogens is 190 g/mol. The Labute approximate surface area is 88.4 Å². The van der Waals surface area contributed by atoms with Gasteiger partial charge < -0.3 is 10.4 Å². The minimum atomic E-state index is -0.457. The molecule has 1 atom stereocenters. The molecule has 1 unspecified atom stereocenters. The van der Waals surface area contributed by atoms with Crippen molar-refractivity contribution in [1.29, 1.82) is 0 Å². The van der Waals surface area contributed by atoms with E-state index in [1.54, 1.807) is 6.07 Å². The van der Waals surface area contributed by atoms with Crippen molar-refractivity contribution in [3.8, 4) is 0 Å². The summed E-state index contributed by atoms with van der Waals surface area (Å²) in [6.45, 7) is 3.39. The van der Waals surface area contributed by atoms with Crippen LogP contribution in [-0.2, 0) is 11.2 Å². The van der Waals surface area contributed by atoms with E-state index in [0.717, 1.165) is 24.0 Å². The average Bonchev–Trinajstić information content (AvgIpc) is 2.61. The molecule has 1 aliphatic rings. The van der Waals surface area contributed by atoms with Gasteiger partial charge in [0.2, 0.25) is 5.91 Å². The van der Waals surface area contributed by atoms with E-state index in [0.29, 0.717) is 5.69 Å². The van der Waals surface area contributed by atoms with Gasteiger partial charge in [-0.05, 0) is 30.5 Å². The van der Waals surface area contributed by atoms with Crippen molar-refractivity contribution in [2.75, 3.05) is 5.32 Å². The van der Waals surface area contributed by atoms with E-state index in [-0.39, 0.29) is 5.91 Å². The third-order valence-corrected chi connectivity index (χ3v) is 2.66. The SMILES string of the molecule is C=CC(=O)Nc1cccc2c1C(O)CC2. The molecule has 1 amide bonds. The van der Waals surface area contributed by atoms with E-state index in [4.69, 9.17) is 0 Å². The maximum atomic E-state index is 11.2. The lowest BCUT2D eigenvalue weighted by molar-refractivity contribution is -0.111. The van der Waals surface area contributed by atoms with Gasteiger partial charge in [0, 0.05) is 11.3 Å². The monoisotopic (exact) mass is 203 g/mol. The Hall–Kier alpha value is -1.61. The number of fused-ring (bicyclic) bond motifs is 1. The number of nitrogens with one attached hydrogen (secondary N) is 1. The van der Waals surface area contributed by atoms with Crippen LogP contribution in [0, 0.1) is 0 Å². The third kappa shape index (κ3) is 1.78. The van der Waals surface area contributed by atoms with Gasteiger partial charge in [0.25, 0.3) is 0 Å². The summed E-state index contributed by atoms with van der Waals surface area (Å²) < 4.78 is 0. The Balaban J connectivity index is 2.36. The first kappa shape index (κ1) is 9.93. The zero-order chi connectivity index (χ0) is 10.8. The first-order chi connectivity index (χ1) is 7.22. The van der Waals surface area contributed by atoms with Gasteiger partial charge in [-0.3, -0.25) is 4.79 Å². The first-order valence-electron chi connectivity index (χ1n) is 4.95. The Morgan fingerprint density at radius 1 is 1.60 bits per heavy atom. The summed E-state index contributed by atoms with van der Waals surface area (Å²) in [5.41, 5.74) is 2.67. The molecule has 1 aromatic carbocycles. The molecule has 0 bridgehead atoms. The van der Waals surface area contributed by atoms with Crippen LogP contribution in [0.2, 0.25) is 0 Å². The molecule has 3 nitrogen and oxygen atoms in total. The third-order valence-electron chi connectivity index (χ3n) is 2.66. The Kier molecular flexibility index (Phi) is 2.56. The van der Waals surface area contributed by atoms with Crippen LogP contribution in [0.15, 0.2) is 30.9 Å². The molecule has 1 aromatic rings. The second-order valence-corrected chi connectivity index (χ2v) is 3.63. The van der Waals surface area contributed by atoms with Crippen LogP contribution in [0.25, 0.3) is 0 Å². The number of hydrogen-bond donors (Lipinski definition) is 2. The first-order valence-corrected chi connectivity index (χ1v) is 4.95. The molecule has 0 saturated heterocycles. The summed E-state index contributed by atoms with van der Waals surface area (Å²) in [4.78, 5) is 11.2. The number of amides is 1. The van der Waals surface area contributed by atoms with E-state index in [1.165, 1.54) is 6.08 Å². The second kappa shape index (κ2) is 3.87. The number of anilines is 1. The minimum absolute atomic E-state index is 0.248. The van der Waals surface area contributed by atoms with Gasteiger partial charge in [0.1, 0.15) is 0 Å². The maximum Gasteiger partial charge on any atom is 0.247 e. The normalized spacial score (nSPS) is 18.3. The van der Waals surface area contributed by atoms with Gasteiger partial charge in [-0.15, -0.1) is 0 Å². The van der Waals surface area contributed by atoms with E-state index >= 15 is 0 Å². The minimum Gasteiger partial charge on any atom is -0.388 e. The number of aryl methyl sites for hydroxylation is 1. The molecule has 2 rings (SSSR count). The Bertz CT molecular complexity index is 412. The summed E-state index contributed by atoms with van der Waals surface area (Å²) in [6, 6.07) is 5.67. The number of aliphatic hydroxyl groups is 1. The molecule has 78 valence electrons. The molecule has 0 spiro atoms. The molecule has 0 saturated carbocycles. The number of aliphatic hydroxyl groups excluding tert-OH is 1. The predicted octanol–water partition coefficient (Wildman–Crippen LogP) is 1.79. The number of hydrogen-bond acceptors (Lipinski definition) is 2. The highest BCUT2D eigenvalue weighted by Crippen LogP contribution is 2.36. The summed E-state index contributed by atoms with van der Waals surface area (Å²) >= 11 is 0. The van der Waals surface area contributed by atoms with Crippen molar-refractivity contribution in [3.05, 3.63) is 42.0 Å². The molecule has 0 radical (unpaired) electrons. The zero-order valence-electron chi connectivity index (χ0n) is 8.36. The zero-order valence-corrected chi connectivity index (χ0v) is 8.36. The van der Waals surface area contributed by atoms with Gasteiger partial charge in [-0.25, -0.2) is 0 Å². The molecule has 0 heterocycles. The lowest BCUT2D eigenvalue weighted by Gasteiger charge is -2.11. The van der Waals surface area contributed by atoms with Crippen molar-refractivity contribution in [2.24, 2.45) is 0 Å². The molecule has 15 heavy (non-hydrogen) atoms. The Morgan fingerprint density at radius 3 is 3.13 bits per heavy atom. The van der Waals surface area contributed by atoms with Gasteiger partial charge in [-0.1, -0.05) is 18.7 Å². The van der Waals surface area contributed by atoms with Crippen molar-refractivity contribution in [2.45, 2.75) is 18.9 Å². The van der Waals surface area contributed by atoms with Crippen LogP contribution < -0.4 is 5.32 Å². The van der Waals surface area contributed by atoms with Gasteiger partial charge in [-0.2, -0.15) is 0 Å². The van der Waals surface area contributed by atoms with Crippen molar-refractivity contribution in [3.63, 3.8) is 0 Å². The number of carbonyl (C=O) groups is 1. The fourth-order valence-electron chi connectivity index (χ4n) is 1.95. The molecule has 0 aliphatic heterocycles. The van der Waals surface area contributed by atoms with Crippen LogP contribution in [0.1, 0.15) is 23.7 Å². The molecule has 0 aromatic heterocycles. The number of benzene rings is 1. The topological polar surface area (TPSA) is 49.3 Å². The molecule has 3 heteroatoms. The molecule has 0 fully saturated rings. The van der Waals surface area contributed by atoms with Crippen LogP contribution in [0.4, 0.5) is 5.69 Å². The average molecular weight is 203 g/mol. The Morgan fingerprint density at radius 2 is 2.40 bits per heavy atom. The quantitative estimate of drug-likeness (QED) is 0.720. The van der Waals surface area contributed by atoms with Gasteiger partial charge in [0.05, 0.1) is 6.10 Å². The van der Waals surface area contributed by atoms with Gasteiger partial charge >= 0.3 is 0 Å². The van der Waals surface area contributed by atoms with Gasteiger partial charge in [0.15, 0.2) is 0 Å². The lowest BCUT2D eigenvalue weighted by atomic mass is 10.1. The van der Waals surface area contributed by atoms with Crippen LogP contribution in [0.5, 0.6) is 0 Å². The van der Waals surface area contributed by atoms with Crippen molar-refractivity contribution >= 4 is 11.6 Å².